The molecule has 1 atom stereocenters. The van der Waals surface area contributed by atoms with Crippen LogP contribution in [0.1, 0.15) is 44.6 Å². The van der Waals surface area contributed by atoms with Crippen molar-refractivity contribution in [1.29, 1.82) is 0 Å². The molecule has 0 unspecified atom stereocenters. The van der Waals surface area contributed by atoms with E-state index in [2.05, 4.69) is 26.9 Å². The number of amides is 3. The second-order valence-electron chi connectivity index (χ2n) is 7.83. The topological polar surface area (TPSA) is 124 Å². The predicted octanol–water partition coefficient (Wildman–Crippen LogP) is 2.29. The molecule has 0 fully saturated rings. The van der Waals surface area contributed by atoms with E-state index in [4.69, 9.17) is 10.6 Å². The summed E-state index contributed by atoms with van der Waals surface area (Å²) in [6, 6.07) is 5.36. The number of nitrogens with two attached hydrogens (primary N) is 1. The van der Waals surface area contributed by atoms with Gasteiger partial charge in [0, 0.05) is 5.54 Å². The minimum Gasteiger partial charge on any atom is -0.486 e. The van der Waals surface area contributed by atoms with Crippen LogP contribution in [0.15, 0.2) is 23.4 Å². The maximum Gasteiger partial charge on any atom is 0.321 e. The number of nitrogens with zero attached hydrogens (tertiary/aromatic N) is 3. The fourth-order valence-corrected chi connectivity index (χ4v) is 3.24. The molecule has 3 amide bonds. The molecule has 0 saturated carbocycles. The first-order valence-electron chi connectivity index (χ1n) is 9.15. The smallest absolute Gasteiger partial charge is 0.321 e. The molecule has 1 heterocycles. The highest BCUT2D eigenvalue weighted by molar-refractivity contribution is 8.00. The monoisotopic (exact) mass is 420 g/mol. The number of aromatic nitrogens is 3. The summed E-state index contributed by atoms with van der Waals surface area (Å²) < 4.78 is 7.04. The van der Waals surface area contributed by atoms with Gasteiger partial charge in [0.05, 0.1) is 5.25 Å². The van der Waals surface area contributed by atoms with E-state index >= 15 is 0 Å². The lowest BCUT2D eigenvalue weighted by molar-refractivity contribution is -0.119. The third-order valence-corrected chi connectivity index (χ3v) is 4.73. The lowest BCUT2D eigenvalue weighted by Crippen LogP contribution is -2.49. The number of benzene rings is 1. The van der Waals surface area contributed by atoms with Gasteiger partial charge in [0.15, 0.2) is 5.82 Å². The molecule has 0 saturated heterocycles. The highest BCUT2D eigenvalue weighted by Gasteiger charge is 2.22. The van der Waals surface area contributed by atoms with Crippen molar-refractivity contribution < 1.29 is 14.3 Å². The fourth-order valence-electron chi connectivity index (χ4n) is 2.45. The summed E-state index contributed by atoms with van der Waals surface area (Å²) in [5.41, 5.74) is 1.75. The van der Waals surface area contributed by atoms with E-state index in [1.54, 1.807) is 6.92 Å². The van der Waals surface area contributed by atoms with E-state index in [9.17, 15) is 9.59 Å². The summed E-state index contributed by atoms with van der Waals surface area (Å²) >= 11 is 1.10. The van der Waals surface area contributed by atoms with Crippen LogP contribution in [-0.4, -0.2) is 37.6 Å². The Morgan fingerprint density at radius 3 is 2.41 bits per heavy atom. The van der Waals surface area contributed by atoms with Crippen molar-refractivity contribution in [2.75, 3.05) is 5.84 Å². The summed E-state index contributed by atoms with van der Waals surface area (Å²) in [5.74, 6) is 6.73. The van der Waals surface area contributed by atoms with Crippen molar-refractivity contribution in [3.63, 3.8) is 0 Å². The number of nitrogens with one attached hydrogen (secondary N) is 2. The van der Waals surface area contributed by atoms with Gasteiger partial charge in [-0.15, -0.1) is 10.2 Å². The lowest BCUT2D eigenvalue weighted by atomic mass is 10.1. The number of carbonyl (C=O) groups excluding carboxylic acids is 2. The fraction of sp³-hybridized carbons (Fsp3) is 0.474. The number of hydrogen-bond donors (Lipinski definition) is 3. The maximum atomic E-state index is 12.2. The Labute approximate surface area is 174 Å². The number of hydrogen-bond acceptors (Lipinski definition) is 7. The number of aryl methyl sites for hydroxylation is 2. The average Bonchev–Trinajstić information content (AvgIpc) is 2.90. The Bertz CT molecular complexity index is 870. The van der Waals surface area contributed by atoms with E-state index in [-0.39, 0.29) is 6.61 Å². The van der Waals surface area contributed by atoms with Gasteiger partial charge in [0.2, 0.25) is 11.1 Å². The zero-order valence-electron chi connectivity index (χ0n) is 17.6. The highest BCUT2D eigenvalue weighted by Crippen LogP contribution is 2.22. The van der Waals surface area contributed by atoms with Crippen molar-refractivity contribution >= 4 is 23.7 Å². The van der Waals surface area contributed by atoms with Gasteiger partial charge < -0.3 is 15.9 Å². The molecule has 9 nitrogen and oxygen atoms in total. The van der Waals surface area contributed by atoms with Gasteiger partial charge in [-0.3, -0.25) is 10.1 Å². The first-order chi connectivity index (χ1) is 13.4. The third kappa shape index (κ3) is 6.97. The summed E-state index contributed by atoms with van der Waals surface area (Å²) in [5, 5.41) is 12.8. The predicted molar refractivity (Wildman–Crippen MR) is 112 cm³/mol. The van der Waals surface area contributed by atoms with Gasteiger partial charge in [0.1, 0.15) is 12.4 Å². The normalized spacial score (nSPS) is 12.3. The van der Waals surface area contributed by atoms with Gasteiger partial charge in [0.25, 0.3) is 0 Å². The SMILES string of the molecule is Cc1cc(C)cc(OCc2nnc(S[C@@H](C)C(=O)NC(=O)NC(C)(C)C)n2N)c1. The van der Waals surface area contributed by atoms with Crippen LogP contribution in [0.5, 0.6) is 5.75 Å². The van der Waals surface area contributed by atoms with E-state index in [0.29, 0.717) is 11.0 Å². The molecule has 0 aliphatic heterocycles. The first kappa shape index (κ1) is 22.5. The standard InChI is InChI=1S/C19H28N6O3S/c1-11-7-12(2)9-14(8-11)28-10-15-23-24-18(25(15)20)29-13(3)16(26)21-17(27)22-19(4,5)6/h7-9,13H,10,20H2,1-6H3,(H2,21,22,26,27)/t13-/m0/s1. The number of nitrogen functional groups attached to an aromatic ring is 1. The van der Waals surface area contributed by atoms with Gasteiger partial charge in [-0.25, -0.2) is 9.47 Å². The second-order valence-corrected chi connectivity index (χ2v) is 9.14. The number of thioether (sulfide) groups is 1. The molecule has 0 aliphatic carbocycles. The Balaban J connectivity index is 1.94. The summed E-state index contributed by atoms with van der Waals surface area (Å²) in [7, 11) is 0. The third-order valence-electron chi connectivity index (χ3n) is 3.67. The zero-order valence-corrected chi connectivity index (χ0v) is 18.4. The molecule has 0 aliphatic rings. The molecule has 0 radical (unpaired) electrons. The Morgan fingerprint density at radius 2 is 1.83 bits per heavy atom. The van der Waals surface area contributed by atoms with Crippen LogP contribution in [0.2, 0.25) is 0 Å². The van der Waals surface area contributed by atoms with Crippen LogP contribution in [0.4, 0.5) is 4.79 Å². The number of ether oxygens (including phenoxy) is 1. The van der Waals surface area contributed by atoms with Crippen molar-refractivity contribution in [3.8, 4) is 5.75 Å². The number of carbonyl (C=O) groups is 2. The van der Waals surface area contributed by atoms with Gasteiger partial charge in [-0.2, -0.15) is 0 Å². The molecule has 2 rings (SSSR count). The van der Waals surface area contributed by atoms with Crippen LogP contribution >= 0.6 is 11.8 Å². The molecule has 1 aromatic heterocycles. The van der Waals surface area contributed by atoms with Crippen molar-refractivity contribution in [3.05, 3.63) is 35.2 Å². The number of imide groups is 1. The van der Waals surface area contributed by atoms with Crippen molar-refractivity contribution in [2.45, 2.75) is 64.1 Å². The maximum absolute atomic E-state index is 12.2. The molecule has 0 bridgehead atoms. The molecule has 0 spiro atoms. The van der Waals surface area contributed by atoms with E-state index in [0.717, 1.165) is 28.6 Å². The van der Waals surface area contributed by atoms with Crippen molar-refractivity contribution in [1.82, 2.24) is 25.5 Å². The van der Waals surface area contributed by atoms with Gasteiger partial charge in [-0.05, 0) is 64.8 Å². The van der Waals surface area contributed by atoms with Crippen LogP contribution in [0.25, 0.3) is 0 Å². The van der Waals surface area contributed by atoms with Gasteiger partial charge in [-0.1, -0.05) is 17.8 Å². The molecule has 2 aromatic rings. The van der Waals surface area contributed by atoms with Crippen molar-refractivity contribution in [2.24, 2.45) is 0 Å². The van der Waals surface area contributed by atoms with E-state index < -0.39 is 22.7 Å². The molecular weight excluding hydrogens is 392 g/mol. The number of rotatable bonds is 6. The number of urea groups is 1. The first-order valence-corrected chi connectivity index (χ1v) is 10.0. The highest BCUT2D eigenvalue weighted by atomic mass is 32.2. The Morgan fingerprint density at radius 1 is 1.21 bits per heavy atom. The van der Waals surface area contributed by atoms with Crippen LogP contribution in [0, 0.1) is 13.8 Å². The lowest BCUT2D eigenvalue weighted by Gasteiger charge is -2.21. The largest absolute Gasteiger partial charge is 0.486 e. The zero-order chi connectivity index (χ0) is 21.8. The van der Waals surface area contributed by atoms with E-state index in [1.165, 1.54) is 4.68 Å². The average molecular weight is 421 g/mol. The Hall–Kier alpha value is -2.75. The molecule has 29 heavy (non-hydrogen) atoms. The van der Waals surface area contributed by atoms with Crippen LogP contribution < -0.4 is 21.2 Å². The van der Waals surface area contributed by atoms with Crippen LogP contribution in [0.3, 0.4) is 0 Å². The molecule has 1 aromatic carbocycles. The summed E-state index contributed by atoms with van der Waals surface area (Å²) in [6.07, 6.45) is 0. The minimum atomic E-state index is -0.597. The molecule has 4 N–H and O–H groups in total. The summed E-state index contributed by atoms with van der Waals surface area (Å²) in [4.78, 5) is 24.1. The summed E-state index contributed by atoms with van der Waals surface area (Å²) in [6.45, 7) is 11.3. The van der Waals surface area contributed by atoms with E-state index in [1.807, 2.05) is 46.8 Å². The second kappa shape index (κ2) is 9.17. The Kier molecular flexibility index (Phi) is 7.12. The molecular formula is C19H28N6O3S. The minimum absolute atomic E-state index is 0.140. The molecule has 158 valence electrons. The van der Waals surface area contributed by atoms with Gasteiger partial charge >= 0.3 is 6.03 Å². The quantitative estimate of drug-likeness (QED) is 0.484. The van der Waals surface area contributed by atoms with Crippen LogP contribution in [-0.2, 0) is 11.4 Å². The molecule has 10 heteroatoms.